The SMILES string of the molecule is O=C(NCCCCN1CCC[C@@H]2c3cccc(O)c3CC[C@@H]21)c1ccc(-c2ccccc2)cc1. The molecule has 1 aliphatic heterocycles. The Labute approximate surface area is 202 Å². The Bertz CT molecular complexity index is 1110. The van der Waals surface area contributed by atoms with Crippen molar-refractivity contribution in [1.82, 2.24) is 10.2 Å². The number of fused-ring (bicyclic) bond motifs is 3. The average Bonchev–Trinajstić information content (AvgIpc) is 2.89. The first kappa shape index (κ1) is 22.7. The summed E-state index contributed by atoms with van der Waals surface area (Å²) >= 11 is 0. The number of phenols is 1. The lowest BCUT2D eigenvalue weighted by molar-refractivity contribution is 0.0947. The molecule has 1 saturated heterocycles. The van der Waals surface area contributed by atoms with Crippen LogP contribution >= 0.6 is 0 Å². The van der Waals surface area contributed by atoms with Crippen LogP contribution in [-0.4, -0.2) is 41.6 Å². The van der Waals surface area contributed by atoms with Crippen LogP contribution < -0.4 is 5.32 Å². The quantitative estimate of drug-likeness (QED) is 0.446. The van der Waals surface area contributed by atoms with Crippen molar-refractivity contribution in [1.29, 1.82) is 0 Å². The highest BCUT2D eigenvalue weighted by Crippen LogP contribution is 2.43. The predicted molar refractivity (Wildman–Crippen MR) is 137 cm³/mol. The summed E-state index contributed by atoms with van der Waals surface area (Å²) in [6.45, 7) is 2.95. The van der Waals surface area contributed by atoms with Gasteiger partial charge in [0.2, 0.25) is 0 Å². The van der Waals surface area contributed by atoms with Crippen molar-refractivity contribution in [2.24, 2.45) is 0 Å². The first-order valence-corrected chi connectivity index (χ1v) is 12.7. The number of rotatable bonds is 7. The van der Waals surface area contributed by atoms with Gasteiger partial charge < -0.3 is 10.4 Å². The molecule has 4 nitrogen and oxygen atoms in total. The molecule has 2 atom stereocenters. The van der Waals surface area contributed by atoms with Crippen molar-refractivity contribution >= 4 is 5.91 Å². The van der Waals surface area contributed by atoms with Gasteiger partial charge in [-0.1, -0.05) is 54.6 Å². The number of aromatic hydroxyl groups is 1. The number of nitrogens with zero attached hydrogens (tertiary/aromatic N) is 1. The van der Waals surface area contributed by atoms with Gasteiger partial charge in [-0.3, -0.25) is 9.69 Å². The molecule has 1 heterocycles. The Morgan fingerprint density at radius 1 is 0.912 bits per heavy atom. The molecule has 0 unspecified atom stereocenters. The zero-order chi connectivity index (χ0) is 23.3. The van der Waals surface area contributed by atoms with E-state index in [4.69, 9.17) is 0 Å². The molecule has 0 aromatic heterocycles. The normalized spacial score (nSPS) is 19.8. The smallest absolute Gasteiger partial charge is 0.251 e. The molecule has 3 aromatic rings. The van der Waals surface area contributed by atoms with E-state index in [1.165, 1.54) is 24.0 Å². The maximum Gasteiger partial charge on any atom is 0.251 e. The second kappa shape index (κ2) is 10.4. The third-order valence-electron chi connectivity index (χ3n) is 7.58. The average molecular weight is 455 g/mol. The van der Waals surface area contributed by atoms with Gasteiger partial charge in [0.25, 0.3) is 5.91 Å². The maximum atomic E-state index is 12.5. The summed E-state index contributed by atoms with van der Waals surface area (Å²) < 4.78 is 0. The number of nitrogens with one attached hydrogen (secondary N) is 1. The van der Waals surface area contributed by atoms with Gasteiger partial charge in [-0.15, -0.1) is 0 Å². The van der Waals surface area contributed by atoms with Crippen LogP contribution in [0.4, 0.5) is 0 Å². The summed E-state index contributed by atoms with van der Waals surface area (Å²) in [5.41, 5.74) is 5.53. The first-order valence-electron chi connectivity index (χ1n) is 12.7. The molecule has 0 spiro atoms. The summed E-state index contributed by atoms with van der Waals surface area (Å²) in [5, 5.41) is 13.3. The number of phenolic OH excluding ortho intramolecular Hbond substituents is 1. The monoisotopic (exact) mass is 454 g/mol. The van der Waals surface area contributed by atoms with E-state index in [1.807, 2.05) is 54.6 Å². The Morgan fingerprint density at radius 3 is 2.53 bits per heavy atom. The second-order valence-electron chi connectivity index (χ2n) is 9.64. The van der Waals surface area contributed by atoms with Gasteiger partial charge in [0.15, 0.2) is 0 Å². The van der Waals surface area contributed by atoms with Crippen molar-refractivity contribution in [3.8, 4) is 16.9 Å². The van der Waals surface area contributed by atoms with Crippen LogP contribution in [0.25, 0.3) is 11.1 Å². The van der Waals surface area contributed by atoms with E-state index in [2.05, 4.69) is 28.4 Å². The lowest BCUT2D eigenvalue weighted by Crippen LogP contribution is -2.46. The Kier molecular flexibility index (Phi) is 6.96. The largest absolute Gasteiger partial charge is 0.508 e. The minimum atomic E-state index is 0.00124. The van der Waals surface area contributed by atoms with Crippen molar-refractivity contribution in [3.05, 3.63) is 89.5 Å². The highest BCUT2D eigenvalue weighted by molar-refractivity contribution is 5.94. The summed E-state index contributed by atoms with van der Waals surface area (Å²) in [7, 11) is 0. The Morgan fingerprint density at radius 2 is 1.71 bits per heavy atom. The van der Waals surface area contributed by atoms with Gasteiger partial charge in [-0.25, -0.2) is 0 Å². The molecule has 4 heteroatoms. The molecular weight excluding hydrogens is 420 g/mol. The lowest BCUT2D eigenvalue weighted by atomic mass is 9.74. The van der Waals surface area contributed by atoms with Crippen molar-refractivity contribution in [3.63, 3.8) is 0 Å². The number of carbonyl (C=O) groups excluding carboxylic acids is 1. The maximum absolute atomic E-state index is 12.5. The second-order valence-corrected chi connectivity index (χ2v) is 9.64. The van der Waals surface area contributed by atoms with E-state index >= 15 is 0 Å². The van der Waals surface area contributed by atoms with Crippen LogP contribution in [0.2, 0.25) is 0 Å². The van der Waals surface area contributed by atoms with E-state index in [0.29, 0.717) is 29.8 Å². The van der Waals surface area contributed by atoms with Gasteiger partial charge in [0, 0.05) is 18.2 Å². The number of amides is 1. The molecule has 1 aliphatic carbocycles. The molecule has 34 heavy (non-hydrogen) atoms. The van der Waals surface area contributed by atoms with Gasteiger partial charge in [-0.2, -0.15) is 0 Å². The molecule has 0 bridgehead atoms. The van der Waals surface area contributed by atoms with Crippen LogP contribution in [0.1, 0.15) is 59.5 Å². The van der Waals surface area contributed by atoms with Crippen molar-refractivity contribution in [2.75, 3.05) is 19.6 Å². The van der Waals surface area contributed by atoms with Gasteiger partial charge in [0.1, 0.15) is 5.75 Å². The summed E-state index contributed by atoms with van der Waals surface area (Å²) in [6, 6.07) is 24.7. The fraction of sp³-hybridized carbons (Fsp3) is 0.367. The van der Waals surface area contributed by atoms with E-state index in [1.54, 1.807) is 0 Å². The number of likely N-dealkylation sites (tertiary alicyclic amines) is 1. The molecular formula is C30H34N2O2. The third-order valence-corrected chi connectivity index (χ3v) is 7.58. The number of carbonyl (C=O) groups is 1. The first-order chi connectivity index (χ1) is 16.7. The van der Waals surface area contributed by atoms with Crippen LogP contribution in [0.5, 0.6) is 5.75 Å². The third kappa shape index (κ3) is 4.88. The Balaban J connectivity index is 1.08. The number of benzene rings is 3. The summed E-state index contributed by atoms with van der Waals surface area (Å²) in [6.07, 6.45) is 6.61. The molecule has 3 aromatic carbocycles. The molecule has 0 radical (unpaired) electrons. The molecule has 1 amide bonds. The van der Waals surface area contributed by atoms with Crippen LogP contribution in [-0.2, 0) is 6.42 Å². The van der Waals surface area contributed by atoms with Gasteiger partial charge in [-0.05, 0) is 98.0 Å². The number of piperidine rings is 1. The lowest BCUT2D eigenvalue weighted by Gasteiger charge is -2.45. The zero-order valence-electron chi connectivity index (χ0n) is 19.7. The molecule has 5 rings (SSSR count). The minimum absolute atomic E-state index is 0.00124. The van der Waals surface area contributed by atoms with Crippen molar-refractivity contribution < 1.29 is 9.90 Å². The zero-order valence-corrected chi connectivity index (χ0v) is 19.7. The standard InChI is InChI=1S/C30H34N2O2/c33-29-12-6-10-25-26-11-7-21-32(28(26)18-17-27(25)29)20-5-4-19-31-30(34)24-15-13-23(14-16-24)22-8-2-1-3-9-22/h1-3,6,8-10,12-16,26,28,33H,4-5,7,11,17-21H2,(H,31,34)/t26-,28+/m1/s1. The highest BCUT2D eigenvalue weighted by atomic mass is 16.3. The van der Waals surface area contributed by atoms with Gasteiger partial charge in [0.05, 0.1) is 0 Å². The molecule has 176 valence electrons. The number of unbranched alkanes of at least 4 members (excludes halogenated alkanes) is 1. The van der Waals surface area contributed by atoms with Crippen LogP contribution in [0.3, 0.4) is 0 Å². The van der Waals surface area contributed by atoms with Crippen molar-refractivity contribution in [2.45, 2.75) is 50.5 Å². The fourth-order valence-electron chi connectivity index (χ4n) is 5.84. The fourth-order valence-corrected chi connectivity index (χ4v) is 5.84. The molecule has 2 N–H and O–H groups in total. The predicted octanol–water partition coefficient (Wildman–Crippen LogP) is 5.76. The summed E-state index contributed by atoms with van der Waals surface area (Å²) in [4.78, 5) is 15.2. The minimum Gasteiger partial charge on any atom is -0.508 e. The van der Waals surface area contributed by atoms with E-state index in [0.717, 1.165) is 49.9 Å². The Hall–Kier alpha value is -3.11. The topological polar surface area (TPSA) is 52.6 Å². The molecule has 1 fully saturated rings. The van der Waals surface area contributed by atoms with E-state index < -0.39 is 0 Å². The number of hydrogen-bond acceptors (Lipinski definition) is 3. The van der Waals surface area contributed by atoms with Crippen LogP contribution in [0.15, 0.2) is 72.8 Å². The number of hydrogen-bond donors (Lipinski definition) is 2. The summed E-state index contributed by atoms with van der Waals surface area (Å²) in [5.74, 6) is 1.02. The van der Waals surface area contributed by atoms with E-state index in [9.17, 15) is 9.90 Å². The molecule has 0 saturated carbocycles. The van der Waals surface area contributed by atoms with E-state index in [-0.39, 0.29) is 5.91 Å². The van der Waals surface area contributed by atoms with Gasteiger partial charge >= 0.3 is 0 Å². The molecule has 2 aliphatic rings. The highest BCUT2D eigenvalue weighted by Gasteiger charge is 2.36. The van der Waals surface area contributed by atoms with Crippen LogP contribution in [0, 0.1) is 0 Å².